The number of carboxylic acids is 1. The number of hydrogen-bond donors (Lipinski definition) is 2. The largest absolute Gasteiger partial charge is 0.492 e. The van der Waals surface area contributed by atoms with Crippen molar-refractivity contribution in [2.45, 2.75) is 44.8 Å². The van der Waals surface area contributed by atoms with E-state index in [-0.39, 0.29) is 5.91 Å². The Balaban J connectivity index is 1.56. The smallest absolute Gasteiger partial charge is 0.326 e. The van der Waals surface area contributed by atoms with Crippen LogP contribution in [-0.4, -0.2) is 59.1 Å². The van der Waals surface area contributed by atoms with Gasteiger partial charge in [-0.3, -0.25) is 9.69 Å². The van der Waals surface area contributed by atoms with Gasteiger partial charge in [-0.15, -0.1) is 0 Å². The molecule has 0 spiro atoms. The molecule has 1 heterocycles. The summed E-state index contributed by atoms with van der Waals surface area (Å²) in [6.07, 6.45) is 4.51. The van der Waals surface area contributed by atoms with Crippen molar-refractivity contribution in [2.24, 2.45) is 0 Å². The lowest BCUT2D eigenvalue weighted by Crippen LogP contribution is -2.41. The third-order valence-electron chi connectivity index (χ3n) is 7.05. The summed E-state index contributed by atoms with van der Waals surface area (Å²) in [6, 6.07) is 23.2. The zero-order valence-corrected chi connectivity index (χ0v) is 22.9. The molecule has 0 aromatic heterocycles. The molecule has 3 aromatic rings. The van der Waals surface area contributed by atoms with Crippen LogP contribution in [0.5, 0.6) is 5.75 Å². The molecule has 2 atom stereocenters. The quantitative estimate of drug-likeness (QED) is 0.314. The number of likely N-dealkylation sites (tertiary alicyclic amines) is 1. The molecule has 2 N–H and O–H groups in total. The fraction of sp³-hybridized carbons (Fsp3) is 0.355. The molecule has 0 saturated carbocycles. The number of aryl methyl sites for hydroxylation is 1. The van der Waals surface area contributed by atoms with Crippen LogP contribution in [0.4, 0.5) is 0 Å². The number of para-hydroxylation sites is 1. The molecule has 1 saturated heterocycles. The Labute approximate surface area is 229 Å². The van der Waals surface area contributed by atoms with Crippen LogP contribution < -0.4 is 10.1 Å². The number of aliphatic carboxylic acids is 1. The van der Waals surface area contributed by atoms with Gasteiger partial charge in [-0.25, -0.2) is 4.79 Å². The third kappa shape index (κ3) is 7.17. The number of thioether (sulfide) groups is 1. The Morgan fingerprint density at radius 1 is 1.08 bits per heavy atom. The van der Waals surface area contributed by atoms with Crippen LogP contribution >= 0.6 is 11.8 Å². The fourth-order valence-corrected chi connectivity index (χ4v) is 5.42. The summed E-state index contributed by atoms with van der Waals surface area (Å²) >= 11 is 1.56. The summed E-state index contributed by atoms with van der Waals surface area (Å²) in [4.78, 5) is 27.6. The van der Waals surface area contributed by atoms with Gasteiger partial charge in [0.25, 0.3) is 5.91 Å². The lowest BCUT2D eigenvalue weighted by atomic mass is 9.93. The van der Waals surface area contributed by atoms with Crippen molar-refractivity contribution >= 4 is 23.6 Å². The van der Waals surface area contributed by atoms with Gasteiger partial charge in [0.05, 0.1) is 0 Å². The molecular formula is C31H36N2O4S. The van der Waals surface area contributed by atoms with Crippen LogP contribution in [0.1, 0.15) is 40.7 Å². The number of benzene rings is 3. The predicted octanol–water partition coefficient (Wildman–Crippen LogP) is 5.64. The minimum atomic E-state index is -1.01. The molecule has 0 bridgehead atoms. The monoisotopic (exact) mass is 532 g/mol. The SMILES string of the molecule is CSCC[C@H](NC(=O)c1ccc(CN2CCCC2COc2ccccc2)cc1-c1ccccc1C)C(=O)O. The van der Waals surface area contributed by atoms with Crippen LogP contribution in [0.15, 0.2) is 72.8 Å². The number of carbonyl (C=O) groups is 2. The van der Waals surface area contributed by atoms with E-state index in [0.29, 0.717) is 30.4 Å². The lowest BCUT2D eigenvalue weighted by molar-refractivity contribution is -0.139. The Morgan fingerprint density at radius 2 is 1.84 bits per heavy atom. The average Bonchev–Trinajstić information content (AvgIpc) is 3.37. The van der Waals surface area contributed by atoms with E-state index in [1.54, 1.807) is 11.8 Å². The first-order valence-electron chi connectivity index (χ1n) is 13.1. The highest BCUT2D eigenvalue weighted by Crippen LogP contribution is 2.30. The molecule has 200 valence electrons. The molecule has 38 heavy (non-hydrogen) atoms. The van der Waals surface area contributed by atoms with Gasteiger partial charge < -0.3 is 15.2 Å². The van der Waals surface area contributed by atoms with Crippen molar-refractivity contribution < 1.29 is 19.4 Å². The number of carboxylic acid groups (broad SMARTS) is 1. The van der Waals surface area contributed by atoms with Crippen molar-refractivity contribution in [1.29, 1.82) is 0 Å². The van der Waals surface area contributed by atoms with Crippen molar-refractivity contribution in [3.05, 3.63) is 89.5 Å². The van der Waals surface area contributed by atoms with E-state index >= 15 is 0 Å². The first-order chi connectivity index (χ1) is 18.5. The summed E-state index contributed by atoms with van der Waals surface area (Å²) in [5.41, 5.74) is 4.46. The highest BCUT2D eigenvalue weighted by atomic mass is 32.2. The van der Waals surface area contributed by atoms with Crippen molar-refractivity contribution in [1.82, 2.24) is 10.2 Å². The molecule has 1 aliphatic rings. The molecule has 7 heteroatoms. The molecule has 3 aromatic carbocycles. The van der Waals surface area contributed by atoms with E-state index in [1.807, 2.05) is 79.9 Å². The maximum atomic E-state index is 13.3. The van der Waals surface area contributed by atoms with E-state index in [9.17, 15) is 14.7 Å². The number of nitrogens with one attached hydrogen (secondary N) is 1. The summed E-state index contributed by atoms with van der Waals surface area (Å²) < 4.78 is 6.06. The number of hydrogen-bond acceptors (Lipinski definition) is 5. The van der Waals surface area contributed by atoms with E-state index in [0.717, 1.165) is 53.9 Å². The zero-order chi connectivity index (χ0) is 26.9. The Bertz CT molecular complexity index is 1230. The van der Waals surface area contributed by atoms with Crippen LogP contribution in [0.25, 0.3) is 11.1 Å². The zero-order valence-electron chi connectivity index (χ0n) is 22.1. The molecule has 0 aliphatic carbocycles. The maximum Gasteiger partial charge on any atom is 0.326 e. The normalized spacial score (nSPS) is 16.2. The first kappa shape index (κ1) is 27.7. The van der Waals surface area contributed by atoms with E-state index < -0.39 is 12.0 Å². The Morgan fingerprint density at radius 3 is 2.58 bits per heavy atom. The second-order valence-electron chi connectivity index (χ2n) is 9.73. The van der Waals surface area contributed by atoms with Crippen LogP contribution in [0.2, 0.25) is 0 Å². The van der Waals surface area contributed by atoms with Crippen molar-refractivity contribution in [3.8, 4) is 16.9 Å². The van der Waals surface area contributed by atoms with Gasteiger partial charge in [0, 0.05) is 18.2 Å². The fourth-order valence-electron chi connectivity index (χ4n) is 4.95. The number of amides is 1. The van der Waals surface area contributed by atoms with Crippen LogP contribution in [0.3, 0.4) is 0 Å². The van der Waals surface area contributed by atoms with Gasteiger partial charge >= 0.3 is 5.97 Å². The molecule has 6 nitrogen and oxygen atoms in total. The number of nitrogens with zero attached hydrogens (tertiary/aromatic N) is 1. The van der Waals surface area contributed by atoms with Crippen LogP contribution in [0, 0.1) is 6.92 Å². The number of rotatable bonds is 12. The summed E-state index contributed by atoms with van der Waals surface area (Å²) in [5, 5.41) is 12.4. The topological polar surface area (TPSA) is 78.9 Å². The van der Waals surface area contributed by atoms with E-state index in [1.165, 1.54) is 0 Å². The molecule has 1 fully saturated rings. The van der Waals surface area contributed by atoms with E-state index in [4.69, 9.17) is 4.74 Å². The van der Waals surface area contributed by atoms with Gasteiger partial charge in [-0.1, -0.05) is 48.5 Å². The number of ether oxygens (including phenoxy) is 1. The Hall–Kier alpha value is -3.29. The molecule has 1 amide bonds. The minimum Gasteiger partial charge on any atom is -0.492 e. The minimum absolute atomic E-state index is 0.327. The van der Waals surface area contributed by atoms with Crippen molar-refractivity contribution in [3.63, 3.8) is 0 Å². The molecule has 4 rings (SSSR count). The lowest BCUT2D eigenvalue weighted by Gasteiger charge is -2.25. The predicted molar refractivity (Wildman–Crippen MR) is 154 cm³/mol. The standard InChI is InChI=1S/C31H36N2O4S/c1-22-9-6-7-13-26(22)28-19-23(14-15-27(28)30(34)32-29(31(35)36)16-18-38-2)20-33-17-8-10-24(33)21-37-25-11-4-3-5-12-25/h3-7,9,11-15,19,24,29H,8,10,16-18,20-21H2,1-2H3,(H,32,34)(H,35,36)/t24?,29-/m0/s1. The second-order valence-corrected chi connectivity index (χ2v) is 10.7. The molecule has 0 radical (unpaired) electrons. The third-order valence-corrected chi connectivity index (χ3v) is 7.69. The first-order valence-corrected chi connectivity index (χ1v) is 14.5. The average molecular weight is 533 g/mol. The van der Waals surface area contributed by atoms with Crippen molar-refractivity contribution in [2.75, 3.05) is 25.2 Å². The van der Waals surface area contributed by atoms with Gasteiger partial charge in [0.15, 0.2) is 0 Å². The van der Waals surface area contributed by atoms with Gasteiger partial charge in [-0.2, -0.15) is 11.8 Å². The maximum absolute atomic E-state index is 13.3. The molecule has 1 aliphatic heterocycles. The van der Waals surface area contributed by atoms with E-state index in [2.05, 4.69) is 16.3 Å². The molecular weight excluding hydrogens is 496 g/mol. The summed E-state index contributed by atoms with van der Waals surface area (Å²) in [5.74, 6) is 0.165. The van der Waals surface area contributed by atoms with Gasteiger partial charge in [0.2, 0.25) is 0 Å². The Kier molecular flexibility index (Phi) is 9.85. The number of carbonyl (C=O) groups excluding carboxylic acids is 1. The second kappa shape index (κ2) is 13.5. The van der Waals surface area contributed by atoms with Gasteiger partial charge in [-0.05, 0) is 91.3 Å². The summed E-state index contributed by atoms with van der Waals surface area (Å²) in [7, 11) is 0. The van der Waals surface area contributed by atoms with Crippen LogP contribution in [-0.2, 0) is 11.3 Å². The highest BCUT2D eigenvalue weighted by Gasteiger charge is 2.26. The highest BCUT2D eigenvalue weighted by molar-refractivity contribution is 7.98. The van der Waals surface area contributed by atoms with Gasteiger partial charge in [0.1, 0.15) is 18.4 Å². The molecule has 1 unspecified atom stereocenters. The summed E-state index contributed by atoms with van der Waals surface area (Å²) in [6.45, 7) is 4.43.